The van der Waals surface area contributed by atoms with E-state index in [9.17, 15) is 8.78 Å². The molecule has 0 amide bonds. The molecule has 3 rings (SSSR count). The molecule has 0 aliphatic heterocycles. The normalized spacial score (nSPS) is 10.9. The Labute approximate surface area is 172 Å². The van der Waals surface area contributed by atoms with Crippen molar-refractivity contribution in [3.05, 3.63) is 77.9 Å². The van der Waals surface area contributed by atoms with Crippen LogP contribution in [0.1, 0.15) is 45.1 Å². The van der Waals surface area contributed by atoms with Crippen molar-refractivity contribution < 1.29 is 13.5 Å². The molecule has 0 fully saturated rings. The van der Waals surface area contributed by atoms with Crippen LogP contribution in [0.5, 0.6) is 5.75 Å². The molecule has 0 saturated carbocycles. The second-order valence-electron chi connectivity index (χ2n) is 7.32. The third-order valence-electron chi connectivity index (χ3n) is 5.05. The highest BCUT2D eigenvalue weighted by Crippen LogP contribution is 2.32. The minimum atomic E-state index is -0.822. The summed E-state index contributed by atoms with van der Waals surface area (Å²) < 4.78 is 35.2. The van der Waals surface area contributed by atoms with Crippen LogP contribution in [0.3, 0.4) is 0 Å². The summed E-state index contributed by atoms with van der Waals surface area (Å²) >= 11 is 0. The Balaban J connectivity index is 1.80. The van der Waals surface area contributed by atoms with E-state index in [-0.39, 0.29) is 11.1 Å². The summed E-state index contributed by atoms with van der Waals surface area (Å²) in [6.45, 7) is 4.85. The van der Waals surface area contributed by atoms with Gasteiger partial charge in [0.15, 0.2) is 11.6 Å². The third kappa shape index (κ3) is 5.23. The summed E-state index contributed by atoms with van der Waals surface area (Å²) in [5, 5.41) is 0. The molecule has 0 unspecified atom stereocenters. The number of rotatable bonds is 9. The van der Waals surface area contributed by atoms with Gasteiger partial charge in [0.2, 0.25) is 0 Å². The number of halogens is 2. The second-order valence-corrected chi connectivity index (χ2v) is 7.32. The van der Waals surface area contributed by atoms with Gasteiger partial charge in [-0.25, -0.2) is 8.78 Å². The number of benzene rings is 3. The number of hydrogen-bond acceptors (Lipinski definition) is 1. The molecule has 152 valence electrons. The number of unbranched alkanes of at least 4 members (excludes halogenated alkanes) is 2. The van der Waals surface area contributed by atoms with Crippen LogP contribution in [0.25, 0.3) is 22.3 Å². The average molecular weight is 395 g/mol. The highest BCUT2D eigenvalue weighted by atomic mass is 19.2. The maximum Gasteiger partial charge on any atom is 0.167 e. The Hall–Kier alpha value is -2.68. The van der Waals surface area contributed by atoms with Crippen LogP contribution in [0, 0.1) is 11.6 Å². The van der Waals surface area contributed by atoms with E-state index in [4.69, 9.17) is 4.74 Å². The monoisotopic (exact) mass is 394 g/mol. The van der Waals surface area contributed by atoms with Gasteiger partial charge in [0.1, 0.15) is 5.75 Å². The molecule has 1 nitrogen and oxygen atoms in total. The Morgan fingerprint density at radius 1 is 0.655 bits per heavy atom. The first kappa shape index (κ1) is 21.0. The molecule has 29 heavy (non-hydrogen) atoms. The molecule has 0 N–H and O–H groups in total. The van der Waals surface area contributed by atoms with Gasteiger partial charge in [0.25, 0.3) is 0 Å². The van der Waals surface area contributed by atoms with Crippen molar-refractivity contribution in [2.24, 2.45) is 0 Å². The van der Waals surface area contributed by atoms with Gasteiger partial charge in [-0.1, -0.05) is 75.2 Å². The Bertz CT molecular complexity index is 915. The molecular weight excluding hydrogens is 366 g/mol. The maximum absolute atomic E-state index is 14.8. The predicted octanol–water partition coefficient (Wildman–Crippen LogP) is 7.82. The molecule has 0 saturated heterocycles. The summed E-state index contributed by atoms with van der Waals surface area (Å²) in [5.41, 5.74) is 3.09. The summed E-state index contributed by atoms with van der Waals surface area (Å²) in [4.78, 5) is 0. The summed E-state index contributed by atoms with van der Waals surface area (Å²) in [7, 11) is 0. The standard InChI is InChI=1S/C26H28F2O/c1-3-5-6-7-19-8-10-20(11-9-19)23-16-17-24(26(28)25(23)27)21-12-14-22(15-13-21)29-18-4-2/h8-17H,3-7,18H2,1-2H3. The van der Waals surface area contributed by atoms with Crippen LogP contribution in [0.4, 0.5) is 8.78 Å². The minimum Gasteiger partial charge on any atom is -0.494 e. The zero-order valence-electron chi connectivity index (χ0n) is 17.2. The van der Waals surface area contributed by atoms with Crippen molar-refractivity contribution in [2.75, 3.05) is 6.61 Å². The predicted molar refractivity (Wildman–Crippen MR) is 116 cm³/mol. The topological polar surface area (TPSA) is 9.23 Å². The van der Waals surface area contributed by atoms with Gasteiger partial charge in [-0.3, -0.25) is 0 Å². The van der Waals surface area contributed by atoms with E-state index < -0.39 is 11.6 Å². The zero-order valence-corrected chi connectivity index (χ0v) is 17.2. The first-order valence-electron chi connectivity index (χ1n) is 10.4. The van der Waals surface area contributed by atoms with Crippen molar-refractivity contribution >= 4 is 0 Å². The van der Waals surface area contributed by atoms with Gasteiger partial charge in [0, 0.05) is 11.1 Å². The molecule has 0 aromatic heterocycles. The average Bonchev–Trinajstić information content (AvgIpc) is 2.75. The fourth-order valence-electron chi connectivity index (χ4n) is 3.38. The maximum atomic E-state index is 14.8. The summed E-state index contributed by atoms with van der Waals surface area (Å²) in [6.07, 6.45) is 5.47. The van der Waals surface area contributed by atoms with Gasteiger partial charge in [-0.05, 0) is 48.1 Å². The molecule has 3 heteroatoms. The van der Waals surface area contributed by atoms with Crippen molar-refractivity contribution in [3.8, 4) is 28.0 Å². The Morgan fingerprint density at radius 2 is 1.21 bits per heavy atom. The molecule has 0 atom stereocenters. The number of ether oxygens (including phenoxy) is 1. The first-order valence-corrected chi connectivity index (χ1v) is 10.4. The summed E-state index contributed by atoms with van der Waals surface area (Å²) in [6, 6.07) is 18.1. The lowest BCUT2D eigenvalue weighted by atomic mass is 9.97. The van der Waals surface area contributed by atoms with E-state index >= 15 is 0 Å². The van der Waals surface area contributed by atoms with E-state index in [2.05, 4.69) is 6.92 Å². The molecule has 0 aliphatic rings. The van der Waals surface area contributed by atoms with E-state index in [0.717, 1.165) is 25.0 Å². The molecular formula is C26H28F2O. The highest BCUT2D eigenvalue weighted by molar-refractivity contribution is 5.72. The SMILES string of the molecule is CCCCCc1ccc(-c2ccc(-c3ccc(OCCC)cc3)c(F)c2F)cc1. The second kappa shape index (κ2) is 10.2. The van der Waals surface area contributed by atoms with Crippen LogP contribution in [-0.4, -0.2) is 6.61 Å². The third-order valence-corrected chi connectivity index (χ3v) is 5.05. The van der Waals surface area contributed by atoms with Crippen LogP contribution in [0.2, 0.25) is 0 Å². The van der Waals surface area contributed by atoms with Crippen molar-refractivity contribution in [1.29, 1.82) is 0 Å². The lowest BCUT2D eigenvalue weighted by molar-refractivity contribution is 0.317. The van der Waals surface area contributed by atoms with Crippen LogP contribution >= 0.6 is 0 Å². The van der Waals surface area contributed by atoms with Gasteiger partial charge >= 0.3 is 0 Å². The van der Waals surface area contributed by atoms with Gasteiger partial charge in [0.05, 0.1) is 6.61 Å². The Kier molecular flexibility index (Phi) is 7.40. The molecule has 3 aromatic carbocycles. The largest absolute Gasteiger partial charge is 0.494 e. The number of hydrogen-bond donors (Lipinski definition) is 0. The molecule has 0 radical (unpaired) electrons. The summed E-state index contributed by atoms with van der Waals surface area (Å²) in [5.74, 6) is -0.906. The van der Waals surface area contributed by atoms with Crippen LogP contribution in [0.15, 0.2) is 60.7 Å². The molecule has 0 spiro atoms. The highest BCUT2D eigenvalue weighted by Gasteiger charge is 2.16. The van der Waals surface area contributed by atoms with Crippen LogP contribution in [-0.2, 0) is 6.42 Å². The molecule has 3 aromatic rings. The van der Waals surface area contributed by atoms with Gasteiger partial charge < -0.3 is 4.74 Å². The van der Waals surface area contributed by atoms with Crippen molar-refractivity contribution in [1.82, 2.24) is 0 Å². The van der Waals surface area contributed by atoms with E-state index in [1.165, 1.54) is 18.4 Å². The number of aryl methyl sites for hydroxylation is 1. The lowest BCUT2D eigenvalue weighted by Crippen LogP contribution is -1.96. The molecule has 0 bridgehead atoms. The molecule has 0 aliphatic carbocycles. The fourth-order valence-corrected chi connectivity index (χ4v) is 3.38. The minimum absolute atomic E-state index is 0.254. The van der Waals surface area contributed by atoms with E-state index in [1.54, 1.807) is 36.4 Å². The first-order chi connectivity index (χ1) is 14.1. The smallest absolute Gasteiger partial charge is 0.167 e. The molecule has 0 heterocycles. The van der Waals surface area contributed by atoms with E-state index in [1.807, 2.05) is 31.2 Å². The van der Waals surface area contributed by atoms with Crippen molar-refractivity contribution in [3.63, 3.8) is 0 Å². The van der Waals surface area contributed by atoms with E-state index in [0.29, 0.717) is 17.7 Å². The van der Waals surface area contributed by atoms with Crippen LogP contribution < -0.4 is 4.74 Å². The Morgan fingerprint density at radius 3 is 1.72 bits per heavy atom. The lowest BCUT2D eigenvalue weighted by Gasteiger charge is -2.11. The van der Waals surface area contributed by atoms with Gasteiger partial charge in [-0.2, -0.15) is 0 Å². The van der Waals surface area contributed by atoms with Crippen molar-refractivity contribution in [2.45, 2.75) is 46.0 Å². The zero-order chi connectivity index (χ0) is 20.6. The quantitative estimate of drug-likeness (QED) is 0.336. The van der Waals surface area contributed by atoms with Gasteiger partial charge in [-0.15, -0.1) is 0 Å². The fraction of sp³-hybridized carbons (Fsp3) is 0.308.